The second kappa shape index (κ2) is 4.98. The summed E-state index contributed by atoms with van der Waals surface area (Å²) in [6.45, 7) is 6.48. The zero-order valence-electron chi connectivity index (χ0n) is 8.60. The Labute approximate surface area is 85.3 Å². The van der Waals surface area contributed by atoms with Gasteiger partial charge in [0.05, 0.1) is 12.7 Å². The minimum absolute atomic E-state index is 1.00. The van der Waals surface area contributed by atoms with Gasteiger partial charge in [-0.3, -0.25) is 9.98 Å². The molecule has 2 aliphatic rings. The Kier molecular flexibility index (Phi) is 3.38. The molecule has 0 saturated heterocycles. The Hall–Kier alpha value is -1.06. The van der Waals surface area contributed by atoms with Crippen LogP contribution in [0.25, 0.3) is 0 Å². The van der Waals surface area contributed by atoms with Gasteiger partial charge >= 0.3 is 0 Å². The van der Waals surface area contributed by atoms with Gasteiger partial charge in [0.2, 0.25) is 0 Å². The van der Waals surface area contributed by atoms with Crippen molar-refractivity contribution >= 4 is 12.7 Å². The normalized spacial score (nSPS) is 21.7. The number of nitrogens with zero attached hydrogens (tertiary/aromatic N) is 4. The molecule has 4 nitrogen and oxygen atoms in total. The molecule has 2 heterocycles. The van der Waals surface area contributed by atoms with E-state index in [-0.39, 0.29) is 0 Å². The molecule has 2 rings (SSSR count). The van der Waals surface area contributed by atoms with Crippen molar-refractivity contribution in [3.05, 3.63) is 0 Å². The highest BCUT2D eigenvalue weighted by Crippen LogP contribution is 1.99. The van der Waals surface area contributed by atoms with Crippen LogP contribution in [0.5, 0.6) is 0 Å². The highest BCUT2D eigenvalue weighted by molar-refractivity contribution is 5.57. The van der Waals surface area contributed by atoms with Crippen LogP contribution >= 0.6 is 0 Å². The van der Waals surface area contributed by atoms with E-state index in [0.29, 0.717) is 0 Å². The number of hydrogen-bond acceptors (Lipinski definition) is 4. The lowest BCUT2D eigenvalue weighted by Crippen LogP contribution is -2.37. The van der Waals surface area contributed by atoms with Crippen molar-refractivity contribution in [1.82, 2.24) is 9.80 Å². The number of aliphatic imine (C=N–C) groups is 2. The highest BCUT2D eigenvalue weighted by atomic mass is 15.2. The maximum atomic E-state index is 4.27. The summed E-state index contributed by atoms with van der Waals surface area (Å²) < 4.78 is 0. The first kappa shape index (κ1) is 9.49. The van der Waals surface area contributed by atoms with E-state index in [1.807, 2.05) is 12.7 Å². The van der Waals surface area contributed by atoms with Crippen LogP contribution in [0.4, 0.5) is 0 Å². The van der Waals surface area contributed by atoms with E-state index in [4.69, 9.17) is 0 Å². The third-order valence-corrected chi connectivity index (χ3v) is 2.63. The molecule has 0 unspecified atom stereocenters. The molecule has 0 fully saturated rings. The molecule has 0 amide bonds. The summed E-state index contributed by atoms with van der Waals surface area (Å²) in [5.74, 6) is 0. The standard InChI is InChI=1S/C10H18N4/c1-3-11-9-13(5-1)7-8-14-6-2-4-12-10-14/h9-10H,1-8H2. The third kappa shape index (κ3) is 2.72. The van der Waals surface area contributed by atoms with E-state index in [0.717, 1.165) is 39.3 Å². The first-order valence-electron chi connectivity index (χ1n) is 5.43. The van der Waals surface area contributed by atoms with Gasteiger partial charge in [-0.2, -0.15) is 0 Å². The van der Waals surface area contributed by atoms with Gasteiger partial charge in [-0.1, -0.05) is 0 Å². The summed E-state index contributed by atoms with van der Waals surface area (Å²) in [6, 6.07) is 0. The van der Waals surface area contributed by atoms with Crippen molar-refractivity contribution in [2.75, 3.05) is 39.3 Å². The Morgan fingerprint density at radius 3 is 1.71 bits per heavy atom. The summed E-state index contributed by atoms with van der Waals surface area (Å²) in [5.41, 5.74) is 0. The van der Waals surface area contributed by atoms with Crippen LogP contribution in [0.3, 0.4) is 0 Å². The zero-order valence-corrected chi connectivity index (χ0v) is 8.60. The summed E-state index contributed by atoms with van der Waals surface area (Å²) in [7, 11) is 0. The van der Waals surface area contributed by atoms with Gasteiger partial charge in [-0.05, 0) is 12.8 Å². The molecule has 0 atom stereocenters. The van der Waals surface area contributed by atoms with E-state index in [2.05, 4.69) is 19.8 Å². The predicted molar refractivity (Wildman–Crippen MR) is 59.1 cm³/mol. The van der Waals surface area contributed by atoms with Gasteiger partial charge in [0, 0.05) is 39.3 Å². The number of rotatable bonds is 3. The van der Waals surface area contributed by atoms with Crippen molar-refractivity contribution in [1.29, 1.82) is 0 Å². The van der Waals surface area contributed by atoms with Gasteiger partial charge in [-0.15, -0.1) is 0 Å². The monoisotopic (exact) mass is 194 g/mol. The Morgan fingerprint density at radius 2 is 1.36 bits per heavy atom. The van der Waals surface area contributed by atoms with Gasteiger partial charge in [0.25, 0.3) is 0 Å². The summed E-state index contributed by atoms with van der Waals surface area (Å²) >= 11 is 0. The Morgan fingerprint density at radius 1 is 0.857 bits per heavy atom. The molecule has 0 spiro atoms. The molecular formula is C10H18N4. The quantitative estimate of drug-likeness (QED) is 0.653. The highest BCUT2D eigenvalue weighted by Gasteiger charge is 2.08. The van der Waals surface area contributed by atoms with E-state index in [9.17, 15) is 0 Å². The lowest BCUT2D eigenvalue weighted by atomic mass is 10.3. The van der Waals surface area contributed by atoms with Gasteiger partial charge in [0.15, 0.2) is 0 Å². The summed E-state index contributed by atoms with van der Waals surface area (Å²) in [6.07, 6.45) is 6.38. The minimum Gasteiger partial charge on any atom is -0.361 e. The number of hydrogen-bond donors (Lipinski definition) is 0. The van der Waals surface area contributed by atoms with Crippen LogP contribution < -0.4 is 0 Å². The van der Waals surface area contributed by atoms with E-state index >= 15 is 0 Å². The molecule has 0 N–H and O–H groups in total. The Balaban J connectivity index is 1.70. The molecule has 0 radical (unpaired) electrons. The first-order valence-corrected chi connectivity index (χ1v) is 5.43. The second-order valence-corrected chi connectivity index (χ2v) is 3.82. The SMILES string of the molecule is C1=NCCCN1CCN1C=NCCC1. The van der Waals surface area contributed by atoms with E-state index in [1.165, 1.54) is 12.8 Å². The fraction of sp³-hybridized carbons (Fsp3) is 0.800. The maximum absolute atomic E-state index is 4.27. The predicted octanol–water partition coefficient (Wildman–Crippen LogP) is 0.454. The third-order valence-electron chi connectivity index (χ3n) is 2.63. The second-order valence-electron chi connectivity index (χ2n) is 3.82. The van der Waals surface area contributed by atoms with E-state index in [1.54, 1.807) is 0 Å². The van der Waals surface area contributed by atoms with Crippen LogP contribution in [0, 0.1) is 0 Å². The maximum Gasteiger partial charge on any atom is 0.0850 e. The van der Waals surface area contributed by atoms with Gasteiger partial charge < -0.3 is 9.80 Å². The molecule has 0 aromatic rings. The first-order chi connectivity index (χ1) is 6.95. The summed E-state index contributed by atoms with van der Waals surface area (Å²) in [5, 5.41) is 0. The molecule has 0 aliphatic carbocycles. The molecule has 78 valence electrons. The largest absolute Gasteiger partial charge is 0.361 e. The van der Waals surface area contributed by atoms with Crippen molar-refractivity contribution in [3.63, 3.8) is 0 Å². The fourth-order valence-electron chi connectivity index (χ4n) is 1.79. The average Bonchev–Trinajstić information content (AvgIpc) is 2.29. The summed E-state index contributed by atoms with van der Waals surface area (Å²) in [4.78, 5) is 13.1. The van der Waals surface area contributed by atoms with Crippen LogP contribution in [0.15, 0.2) is 9.98 Å². The lowest BCUT2D eigenvalue weighted by Gasteiger charge is -2.27. The molecule has 0 saturated carbocycles. The molecule has 0 aromatic carbocycles. The van der Waals surface area contributed by atoms with Crippen molar-refractivity contribution < 1.29 is 0 Å². The van der Waals surface area contributed by atoms with E-state index < -0.39 is 0 Å². The van der Waals surface area contributed by atoms with Crippen molar-refractivity contribution in [3.8, 4) is 0 Å². The molecule has 4 heteroatoms. The Bertz CT molecular complexity index is 200. The minimum atomic E-state index is 1.00. The topological polar surface area (TPSA) is 31.2 Å². The van der Waals surface area contributed by atoms with Crippen molar-refractivity contribution in [2.24, 2.45) is 9.98 Å². The molecule has 0 aromatic heterocycles. The molecule has 2 aliphatic heterocycles. The molecular weight excluding hydrogens is 176 g/mol. The fourth-order valence-corrected chi connectivity index (χ4v) is 1.79. The molecule has 0 bridgehead atoms. The average molecular weight is 194 g/mol. The zero-order chi connectivity index (χ0) is 9.64. The molecule has 14 heavy (non-hydrogen) atoms. The smallest absolute Gasteiger partial charge is 0.0850 e. The van der Waals surface area contributed by atoms with Crippen molar-refractivity contribution in [2.45, 2.75) is 12.8 Å². The van der Waals surface area contributed by atoms with Crippen LogP contribution in [0.2, 0.25) is 0 Å². The lowest BCUT2D eigenvalue weighted by molar-refractivity contribution is 0.331. The van der Waals surface area contributed by atoms with Gasteiger partial charge in [-0.25, -0.2) is 0 Å². The van der Waals surface area contributed by atoms with Crippen LogP contribution in [0.1, 0.15) is 12.8 Å². The van der Waals surface area contributed by atoms with Gasteiger partial charge in [0.1, 0.15) is 0 Å². The van der Waals surface area contributed by atoms with Crippen LogP contribution in [-0.2, 0) is 0 Å². The van der Waals surface area contributed by atoms with Crippen LogP contribution in [-0.4, -0.2) is 61.7 Å².